The Bertz CT molecular complexity index is 394. The van der Waals surface area contributed by atoms with Crippen molar-refractivity contribution in [3.05, 3.63) is 28.0 Å². The monoisotopic (exact) mass is 253 g/mol. The first-order valence-corrected chi connectivity index (χ1v) is 4.38. The summed E-state index contributed by atoms with van der Waals surface area (Å²) in [6, 6.07) is 2.75. The molecule has 0 aliphatic heterocycles. The lowest BCUT2D eigenvalue weighted by Crippen LogP contribution is -2.09. The van der Waals surface area contributed by atoms with Gasteiger partial charge in [0, 0.05) is 11.6 Å². The first-order chi connectivity index (χ1) is 6.50. The molecule has 0 radical (unpaired) electrons. The molecule has 7 heteroatoms. The fraction of sp³-hybridized carbons (Fsp3) is 0. The third kappa shape index (κ3) is 2.83. The van der Waals surface area contributed by atoms with Gasteiger partial charge in [0.25, 0.3) is 0 Å². The van der Waals surface area contributed by atoms with Crippen LogP contribution in [0.5, 0.6) is 0 Å². The Morgan fingerprint density at radius 2 is 1.93 bits per heavy atom. The second-order valence-corrected chi connectivity index (χ2v) is 3.19. The van der Waals surface area contributed by atoms with Crippen LogP contribution in [0, 0.1) is 0 Å². The SMILES string of the molecule is O=C(Cl)OC(=O)c1nc(Cl)ccc1Cl. The second kappa shape index (κ2) is 4.59. The van der Waals surface area contributed by atoms with Crippen molar-refractivity contribution in [1.29, 1.82) is 0 Å². The molecule has 0 saturated carbocycles. The lowest BCUT2D eigenvalue weighted by molar-refractivity contribution is 0.0656. The van der Waals surface area contributed by atoms with Crippen molar-refractivity contribution in [2.75, 3.05) is 0 Å². The third-order valence-corrected chi connectivity index (χ3v) is 1.77. The molecule has 0 saturated heterocycles. The number of nitrogens with zero attached hydrogens (tertiary/aromatic N) is 1. The van der Waals surface area contributed by atoms with Gasteiger partial charge in [0.2, 0.25) is 0 Å². The molecule has 1 aromatic heterocycles. The van der Waals surface area contributed by atoms with E-state index in [1.807, 2.05) is 0 Å². The third-order valence-electron chi connectivity index (χ3n) is 1.18. The summed E-state index contributed by atoms with van der Waals surface area (Å²) >= 11 is 15.9. The van der Waals surface area contributed by atoms with Crippen molar-refractivity contribution in [2.45, 2.75) is 0 Å². The van der Waals surface area contributed by atoms with Crippen molar-refractivity contribution in [3.8, 4) is 0 Å². The van der Waals surface area contributed by atoms with Crippen molar-refractivity contribution >= 4 is 46.2 Å². The molecule has 1 rings (SSSR count). The molecule has 0 fully saturated rings. The Labute approximate surface area is 93.7 Å². The van der Waals surface area contributed by atoms with Gasteiger partial charge in [-0.05, 0) is 12.1 Å². The Morgan fingerprint density at radius 3 is 2.50 bits per heavy atom. The van der Waals surface area contributed by atoms with Crippen molar-refractivity contribution in [1.82, 2.24) is 4.98 Å². The van der Waals surface area contributed by atoms with Gasteiger partial charge in [-0.15, -0.1) is 0 Å². The van der Waals surface area contributed by atoms with E-state index in [1.165, 1.54) is 12.1 Å². The molecule has 0 aliphatic carbocycles. The average Bonchev–Trinajstić information content (AvgIpc) is 2.08. The van der Waals surface area contributed by atoms with Gasteiger partial charge in [-0.25, -0.2) is 14.6 Å². The molecule has 0 spiro atoms. The highest BCUT2D eigenvalue weighted by molar-refractivity contribution is 6.62. The minimum absolute atomic E-state index is 0.0253. The molecule has 1 heterocycles. The van der Waals surface area contributed by atoms with Crippen LogP contribution >= 0.6 is 34.8 Å². The van der Waals surface area contributed by atoms with Crippen molar-refractivity contribution < 1.29 is 14.3 Å². The molecule has 74 valence electrons. The maximum atomic E-state index is 11.1. The van der Waals surface area contributed by atoms with Crippen LogP contribution < -0.4 is 0 Å². The van der Waals surface area contributed by atoms with Crippen LogP contribution in [0.1, 0.15) is 10.5 Å². The number of aromatic nitrogens is 1. The van der Waals surface area contributed by atoms with E-state index >= 15 is 0 Å². The van der Waals surface area contributed by atoms with Gasteiger partial charge < -0.3 is 4.74 Å². The summed E-state index contributed by atoms with van der Waals surface area (Å²) in [5.41, 5.74) is -1.51. The molecular formula is C7H2Cl3NO3. The molecule has 0 bridgehead atoms. The van der Waals surface area contributed by atoms with Crippen LogP contribution in [0.3, 0.4) is 0 Å². The summed E-state index contributed by atoms with van der Waals surface area (Å²) in [5.74, 6) is -1.04. The summed E-state index contributed by atoms with van der Waals surface area (Å²) in [4.78, 5) is 24.9. The van der Waals surface area contributed by atoms with Gasteiger partial charge >= 0.3 is 11.4 Å². The number of pyridine rings is 1. The quantitative estimate of drug-likeness (QED) is 0.335. The van der Waals surface area contributed by atoms with Crippen molar-refractivity contribution in [2.24, 2.45) is 0 Å². The second-order valence-electron chi connectivity index (χ2n) is 2.09. The van der Waals surface area contributed by atoms with E-state index in [0.717, 1.165) is 0 Å². The predicted octanol–water partition coefficient (Wildman–Crippen LogP) is 2.90. The molecule has 14 heavy (non-hydrogen) atoms. The lowest BCUT2D eigenvalue weighted by atomic mass is 10.3. The topological polar surface area (TPSA) is 56.3 Å². The lowest BCUT2D eigenvalue weighted by Gasteiger charge is -2.00. The van der Waals surface area contributed by atoms with Crippen molar-refractivity contribution in [3.63, 3.8) is 0 Å². The molecule has 4 nitrogen and oxygen atoms in total. The Kier molecular flexibility index (Phi) is 3.69. The Morgan fingerprint density at radius 1 is 1.29 bits per heavy atom. The zero-order valence-corrected chi connectivity index (χ0v) is 8.73. The number of ether oxygens (including phenoxy) is 1. The standard InChI is InChI=1S/C7H2Cl3NO3/c8-3-1-2-4(9)11-5(3)6(12)14-7(10)13/h1-2H. The number of carbonyl (C=O) groups excluding carboxylic acids is 2. The maximum absolute atomic E-state index is 11.1. The number of hydrogen-bond donors (Lipinski definition) is 0. The summed E-state index contributed by atoms with van der Waals surface area (Å²) in [7, 11) is 0. The van der Waals surface area contributed by atoms with E-state index in [0.29, 0.717) is 0 Å². The maximum Gasteiger partial charge on any atom is 0.411 e. The zero-order chi connectivity index (χ0) is 10.7. The summed E-state index contributed by atoms with van der Waals surface area (Å²) in [6.07, 6.45) is 0. The smallest absolute Gasteiger partial charge is 0.376 e. The normalized spacial score (nSPS) is 9.64. The summed E-state index contributed by atoms with van der Waals surface area (Å²) < 4.78 is 4.05. The molecule has 0 amide bonds. The van der Waals surface area contributed by atoms with Gasteiger partial charge in [-0.2, -0.15) is 0 Å². The molecule has 0 atom stereocenters. The highest BCUT2D eigenvalue weighted by Gasteiger charge is 2.16. The minimum atomic E-state index is -1.26. The highest BCUT2D eigenvalue weighted by Crippen LogP contribution is 2.17. The van der Waals surface area contributed by atoms with E-state index in [2.05, 4.69) is 9.72 Å². The van der Waals surface area contributed by atoms with Crippen LogP contribution in [-0.2, 0) is 4.74 Å². The Hall–Kier alpha value is -0.840. The molecule has 0 aliphatic rings. The number of rotatable bonds is 1. The number of hydrogen-bond acceptors (Lipinski definition) is 4. The van der Waals surface area contributed by atoms with Gasteiger partial charge in [0.1, 0.15) is 5.15 Å². The highest BCUT2D eigenvalue weighted by atomic mass is 35.5. The van der Waals surface area contributed by atoms with E-state index in [-0.39, 0.29) is 15.9 Å². The van der Waals surface area contributed by atoms with Crippen LogP contribution in [0.25, 0.3) is 0 Å². The molecular weight excluding hydrogens is 252 g/mol. The first-order valence-electron chi connectivity index (χ1n) is 3.24. The minimum Gasteiger partial charge on any atom is -0.376 e. The largest absolute Gasteiger partial charge is 0.411 e. The molecule has 0 N–H and O–H groups in total. The van der Waals surface area contributed by atoms with Crippen LogP contribution in [0.4, 0.5) is 4.79 Å². The van der Waals surface area contributed by atoms with Crippen LogP contribution in [0.15, 0.2) is 12.1 Å². The number of esters is 1. The number of halogens is 3. The fourth-order valence-corrected chi connectivity index (χ4v) is 1.08. The molecule has 0 aromatic carbocycles. The van der Waals surface area contributed by atoms with Gasteiger partial charge in [0.05, 0.1) is 5.02 Å². The molecule has 0 unspecified atom stereocenters. The van der Waals surface area contributed by atoms with Gasteiger partial charge in [-0.1, -0.05) is 23.2 Å². The van der Waals surface area contributed by atoms with Gasteiger partial charge in [-0.3, -0.25) is 0 Å². The first kappa shape index (κ1) is 11.2. The van der Waals surface area contributed by atoms with Crippen LogP contribution in [0.2, 0.25) is 10.2 Å². The molecule has 1 aromatic rings. The van der Waals surface area contributed by atoms with E-state index in [1.54, 1.807) is 0 Å². The zero-order valence-electron chi connectivity index (χ0n) is 6.46. The summed E-state index contributed by atoms with van der Waals surface area (Å²) in [5, 5.41) is 0.0840. The number of carbonyl (C=O) groups is 2. The Balaban J connectivity index is 3.00. The van der Waals surface area contributed by atoms with E-state index in [4.69, 9.17) is 34.8 Å². The fourth-order valence-electron chi connectivity index (χ4n) is 0.683. The van der Waals surface area contributed by atoms with E-state index < -0.39 is 11.4 Å². The van der Waals surface area contributed by atoms with Gasteiger partial charge in [0.15, 0.2) is 5.69 Å². The predicted molar refractivity (Wildman–Crippen MR) is 50.9 cm³/mol. The van der Waals surface area contributed by atoms with E-state index in [9.17, 15) is 9.59 Å². The van der Waals surface area contributed by atoms with Crippen LogP contribution in [-0.4, -0.2) is 16.4 Å². The summed E-state index contributed by atoms with van der Waals surface area (Å²) in [6.45, 7) is 0. The average molecular weight is 254 g/mol.